The van der Waals surface area contributed by atoms with Gasteiger partial charge in [-0.2, -0.15) is 0 Å². The molecule has 0 fully saturated rings. The molecule has 0 bridgehead atoms. The Kier molecular flexibility index (Phi) is 34.7. The molecule has 41 heavy (non-hydrogen) atoms. The Morgan fingerprint density at radius 1 is 0.463 bits per heavy atom. The lowest BCUT2D eigenvalue weighted by Gasteiger charge is -2.30. The molecule has 0 aliphatic rings. The molecule has 3 nitrogen and oxygen atoms in total. The first-order valence-electron chi connectivity index (χ1n) is 18.5. The molecule has 0 N–H and O–H groups in total. The summed E-state index contributed by atoms with van der Waals surface area (Å²) in [6.45, 7) is 11.9. The molecule has 0 unspecified atom stereocenters. The highest BCUT2D eigenvalue weighted by Gasteiger charge is 2.13. The van der Waals surface area contributed by atoms with E-state index in [-0.39, 0.29) is 5.57 Å². The molecule has 0 saturated heterocycles. The van der Waals surface area contributed by atoms with Crippen LogP contribution in [0, 0.1) is 0 Å². The summed E-state index contributed by atoms with van der Waals surface area (Å²) in [6.07, 6.45) is 40.9. The van der Waals surface area contributed by atoms with Crippen molar-refractivity contribution >= 4 is 5.97 Å². The van der Waals surface area contributed by atoms with Crippen molar-refractivity contribution in [2.75, 3.05) is 27.2 Å². The van der Waals surface area contributed by atoms with Crippen molar-refractivity contribution in [1.82, 2.24) is 0 Å². The number of carbonyl (C=O) groups excluding carboxylic acids is 1. The van der Waals surface area contributed by atoms with Gasteiger partial charge in [-0.25, -0.2) is 0 Å². The smallest absolute Gasteiger partial charge is 0.0782 e. The minimum atomic E-state index is -1.19. The Labute approximate surface area is 259 Å². The fraction of sp³-hybridized carbons (Fsp3) is 0.921. The maximum atomic E-state index is 9.49. The topological polar surface area (TPSA) is 40.1 Å². The van der Waals surface area contributed by atoms with E-state index in [1.54, 1.807) is 0 Å². The maximum absolute atomic E-state index is 9.49. The Hall–Kier alpha value is -0.830. The van der Waals surface area contributed by atoms with Crippen LogP contribution in [0.2, 0.25) is 0 Å². The molecule has 0 heterocycles. The van der Waals surface area contributed by atoms with Gasteiger partial charge in [0.25, 0.3) is 0 Å². The summed E-state index contributed by atoms with van der Waals surface area (Å²) in [5.41, 5.74) is 0.0648. The van der Waals surface area contributed by atoms with Gasteiger partial charge in [0.1, 0.15) is 0 Å². The van der Waals surface area contributed by atoms with Crippen LogP contribution in [-0.2, 0) is 4.79 Å². The number of unbranched alkanes of at least 4 members (excludes halogenated alkanes) is 26. The third-order valence-electron chi connectivity index (χ3n) is 8.58. The predicted molar refractivity (Wildman–Crippen MR) is 182 cm³/mol. The van der Waals surface area contributed by atoms with Gasteiger partial charge in [-0.1, -0.05) is 175 Å². The van der Waals surface area contributed by atoms with Crippen molar-refractivity contribution in [2.24, 2.45) is 0 Å². The predicted octanol–water partition coefficient (Wildman–Crippen LogP) is 11.3. The summed E-state index contributed by atoms with van der Waals surface area (Å²) in [6, 6.07) is 0. The van der Waals surface area contributed by atoms with Gasteiger partial charge in [-0.15, -0.1) is 0 Å². The summed E-state index contributed by atoms with van der Waals surface area (Å²) in [5, 5.41) is 9.49. The van der Waals surface area contributed by atoms with Gasteiger partial charge in [-0.3, -0.25) is 0 Å². The van der Waals surface area contributed by atoms with E-state index in [4.69, 9.17) is 0 Å². The summed E-state index contributed by atoms with van der Waals surface area (Å²) in [5.74, 6) is -1.19. The molecule has 0 aromatic heterocycles. The van der Waals surface area contributed by atoms with Gasteiger partial charge in [0, 0.05) is 0 Å². The molecule has 0 radical (unpaired) electrons. The SMILES string of the molecule is C=C(C)C(=O)[O-].CCCCCCCCCCCCCCCC[N+](C)(C)CCCCCCCCCCCCCCCC. The Morgan fingerprint density at radius 2 is 0.634 bits per heavy atom. The number of rotatable bonds is 31. The van der Waals surface area contributed by atoms with Gasteiger partial charge < -0.3 is 14.4 Å². The first-order chi connectivity index (χ1) is 19.8. The second kappa shape index (κ2) is 33.7. The number of carboxylic acid groups (broad SMARTS) is 1. The molecule has 0 spiro atoms. The molecule has 246 valence electrons. The molecule has 0 atom stereocenters. The standard InChI is InChI=1S/C34H72N.C4H6O2/c1-5-7-9-11-13-15-17-19-21-23-25-27-29-31-33-35(3,4)34-32-30-28-26-24-22-20-18-16-14-12-10-8-6-2;1-3(2)4(5)6/h5-34H2,1-4H3;1H2,2H3,(H,5,6)/q+1;/p-1. The third-order valence-corrected chi connectivity index (χ3v) is 8.58. The van der Waals surface area contributed by atoms with Crippen molar-refractivity contribution in [3.05, 3.63) is 12.2 Å². The minimum Gasteiger partial charge on any atom is -0.545 e. The first kappa shape index (κ1) is 42.3. The number of nitrogens with zero attached hydrogens (tertiary/aromatic N) is 1. The lowest BCUT2D eigenvalue weighted by molar-refractivity contribution is -0.890. The van der Waals surface area contributed by atoms with Crippen LogP contribution in [0.15, 0.2) is 12.2 Å². The summed E-state index contributed by atoms with van der Waals surface area (Å²) in [4.78, 5) is 9.49. The molecule has 0 aromatic carbocycles. The summed E-state index contributed by atoms with van der Waals surface area (Å²) in [7, 11) is 4.93. The van der Waals surface area contributed by atoms with Crippen molar-refractivity contribution in [3.8, 4) is 0 Å². The van der Waals surface area contributed by atoms with Crippen LogP contribution in [-0.4, -0.2) is 37.6 Å². The number of aliphatic carboxylic acids is 1. The molecular formula is C38H77NO2. The summed E-state index contributed by atoms with van der Waals surface area (Å²) < 4.78 is 1.25. The van der Waals surface area contributed by atoms with Crippen LogP contribution in [0.4, 0.5) is 0 Å². The van der Waals surface area contributed by atoms with E-state index in [0.717, 1.165) is 0 Å². The molecule has 0 rings (SSSR count). The Balaban J connectivity index is 0. The largest absolute Gasteiger partial charge is 0.545 e. The average Bonchev–Trinajstić information content (AvgIpc) is 2.93. The summed E-state index contributed by atoms with van der Waals surface area (Å²) >= 11 is 0. The van der Waals surface area contributed by atoms with E-state index in [9.17, 15) is 9.90 Å². The van der Waals surface area contributed by atoms with Crippen molar-refractivity contribution in [2.45, 2.75) is 201 Å². The minimum absolute atomic E-state index is 0.0648. The third kappa shape index (κ3) is 39.2. The van der Waals surface area contributed by atoms with Crippen LogP contribution in [0.1, 0.15) is 201 Å². The quantitative estimate of drug-likeness (QED) is 0.0465. The van der Waals surface area contributed by atoms with Crippen molar-refractivity contribution in [3.63, 3.8) is 0 Å². The monoisotopic (exact) mass is 580 g/mol. The number of hydrogen-bond donors (Lipinski definition) is 0. The number of carboxylic acids is 1. The molecule has 0 aliphatic carbocycles. The Bertz CT molecular complexity index is 496. The average molecular weight is 580 g/mol. The zero-order valence-corrected chi connectivity index (χ0v) is 29.2. The second-order valence-electron chi connectivity index (χ2n) is 13.6. The number of quaternary nitrogens is 1. The van der Waals surface area contributed by atoms with E-state index in [2.05, 4.69) is 34.5 Å². The van der Waals surface area contributed by atoms with Crippen molar-refractivity contribution in [1.29, 1.82) is 0 Å². The zero-order valence-electron chi connectivity index (χ0n) is 29.2. The molecule has 0 aliphatic heterocycles. The first-order valence-corrected chi connectivity index (χ1v) is 18.5. The number of hydrogen-bond acceptors (Lipinski definition) is 2. The fourth-order valence-electron chi connectivity index (χ4n) is 5.58. The maximum Gasteiger partial charge on any atom is 0.0782 e. The van der Waals surface area contributed by atoms with E-state index in [1.807, 2.05) is 0 Å². The van der Waals surface area contributed by atoms with Crippen LogP contribution in [0.5, 0.6) is 0 Å². The van der Waals surface area contributed by atoms with Crippen LogP contribution >= 0.6 is 0 Å². The lowest BCUT2D eigenvalue weighted by Crippen LogP contribution is -2.41. The normalized spacial score (nSPS) is 11.3. The van der Waals surface area contributed by atoms with Gasteiger partial charge in [-0.05, 0) is 38.2 Å². The fourth-order valence-corrected chi connectivity index (χ4v) is 5.58. The highest BCUT2D eigenvalue weighted by molar-refractivity contribution is 5.82. The van der Waals surface area contributed by atoms with Crippen LogP contribution in [0.3, 0.4) is 0 Å². The van der Waals surface area contributed by atoms with Gasteiger partial charge >= 0.3 is 0 Å². The lowest BCUT2D eigenvalue weighted by atomic mass is 10.0. The van der Waals surface area contributed by atoms with E-state index >= 15 is 0 Å². The Morgan fingerprint density at radius 3 is 0.805 bits per heavy atom. The molecule has 0 amide bonds. The highest BCUT2D eigenvalue weighted by atomic mass is 16.4. The zero-order chi connectivity index (χ0) is 30.9. The second-order valence-corrected chi connectivity index (χ2v) is 13.6. The van der Waals surface area contributed by atoms with Crippen LogP contribution in [0.25, 0.3) is 0 Å². The van der Waals surface area contributed by atoms with Gasteiger partial charge in [0.15, 0.2) is 0 Å². The van der Waals surface area contributed by atoms with Gasteiger partial charge in [0.2, 0.25) is 0 Å². The van der Waals surface area contributed by atoms with Crippen molar-refractivity contribution < 1.29 is 14.4 Å². The molecular weight excluding hydrogens is 502 g/mol. The molecule has 3 heteroatoms. The highest BCUT2D eigenvalue weighted by Crippen LogP contribution is 2.15. The van der Waals surface area contributed by atoms with E-state index < -0.39 is 5.97 Å². The molecule has 0 aromatic rings. The molecule has 0 saturated carbocycles. The van der Waals surface area contributed by atoms with E-state index in [0.29, 0.717) is 0 Å². The van der Waals surface area contributed by atoms with E-state index in [1.165, 1.54) is 204 Å². The number of carbonyl (C=O) groups is 1. The van der Waals surface area contributed by atoms with Crippen LogP contribution < -0.4 is 5.11 Å². The van der Waals surface area contributed by atoms with Gasteiger partial charge in [0.05, 0.1) is 33.2 Å².